The van der Waals surface area contributed by atoms with Gasteiger partial charge in [-0.25, -0.2) is 0 Å². The lowest BCUT2D eigenvalue weighted by atomic mass is 9.75. The second-order valence-electron chi connectivity index (χ2n) is 6.34. The highest BCUT2D eigenvalue weighted by molar-refractivity contribution is 6.05. The smallest absolute Gasteiger partial charge is 0.246 e. The van der Waals surface area contributed by atoms with Gasteiger partial charge in [-0.2, -0.15) is 0 Å². The number of nitrogens with one attached hydrogen (secondary N) is 1. The first-order valence-corrected chi connectivity index (χ1v) is 7.58. The molecule has 0 bridgehead atoms. The first-order valence-electron chi connectivity index (χ1n) is 7.58. The van der Waals surface area contributed by atoms with Crippen LogP contribution >= 0.6 is 0 Å². The summed E-state index contributed by atoms with van der Waals surface area (Å²) in [5, 5.41) is 3.53. The number of nitrogens with zero attached hydrogens (tertiary/aromatic N) is 2. The van der Waals surface area contributed by atoms with E-state index in [1.807, 2.05) is 4.90 Å². The van der Waals surface area contributed by atoms with Crippen molar-refractivity contribution in [1.29, 1.82) is 0 Å². The average Bonchev–Trinajstić information content (AvgIpc) is 2.70. The molecule has 4 heteroatoms. The number of amides is 1. The molecular weight excluding hydrogens is 250 g/mol. The Morgan fingerprint density at radius 2 is 2.30 bits per heavy atom. The van der Waals surface area contributed by atoms with Crippen molar-refractivity contribution < 1.29 is 4.79 Å². The van der Waals surface area contributed by atoms with Gasteiger partial charge in [0.05, 0.1) is 17.9 Å². The highest BCUT2D eigenvalue weighted by Gasteiger charge is 2.52. The van der Waals surface area contributed by atoms with Gasteiger partial charge in [-0.15, -0.1) is 0 Å². The molecule has 4 rings (SSSR count). The number of rotatable bonds is 1. The highest BCUT2D eigenvalue weighted by atomic mass is 16.2. The average molecular weight is 271 g/mol. The molecule has 0 saturated carbocycles. The Labute approximate surface area is 119 Å². The Bertz CT molecular complexity index is 585. The fraction of sp³-hybridized carbons (Fsp3) is 0.562. The molecule has 0 aliphatic carbocycles. The van der Waals surface area contributed by atoms with Crippen LogP contribution in [-0.2, 0) is 10.2 Å². The molecule has 0 spiro atoms. The van der Waals surface area contributed by atoms with E-state index in [0.29, 0.717) is 12.6 Å². The van der Waals surface area contributed by atoms with Crippen LogP contribution in [0, 0.1) is 0 Å². The minimum atomic E-state index is 0.133. The number of benzene rings is 1. The molecule has 1 N–H and O–H groups in total. The van der Waals surface area contributed by atoms with E-state index >= 15 is 0 Å². The number of piperidine rings is 1. The lowest BCUT2D eigenvalue weighted by Gasteiger charge is -2.42. The molecule has 106 valence electrons. The van der Waals surface area contributed by atoms with Gasteiger partial charge in [0.25, 0.3) is 0 Å². The summed E-state index contributed by atoms with van der Waals surface area (Å²) in [5.41, 5.74) is 3.97. The van der Waals surface area contributed by atoms with Crippen LogP contribution in [0.1, 0.15) is 25.8 Å². The number of likely N-dealkylation sites (N-methyl/N-ethyl adjacent to an activating group) is 1. The first kappa shape index (κ1) is 12.2. The number of hydrogen-bond acceptors (Lipinski definition) is 3. The fourth-order valence-corrected chi connectivity index (χ4v) is 4.37. The van der Waals surface area contributed by atoms with Gasteiger partial charge in [0, 0.05) is 24.5 Å². The van der Waals surface area contributed by atoms with Gasteiger partial charge in [-0.3, -0.25) is 4.79 Å². The molecule has 1 aromatic rings. The van der Waals surface area contributed by atoms with Gasteiger partial charge in [0.2, 0.25) is 5.91 Å². The molecule has 0 aromatic heterocycles. The van der Waals surface area contributed by atoms with E-state index in [9.17, 15) is 4.79 Å². The van der Waals surface area contributed by atoms with E-state index in [4.69, 9.17) is 0 Å². The van der Waals surface area contributed by atoms with Gasteiger partial charge in [0.15, 0.2) is 0 Å². The van der Waals surface area contributed by atoms with Crippen LogP contribution < -0.4 is 15.1 Å². The van der Waals surface area contributed by atoms with Crippen molar-refractivity contribution in [3.63, 3.8) is 0 Å². The molecule has 1 amide bonds. The monoisotopic (exact) mass is 271 g/mol. The third-order valence-corrected chi connectivity index (χ3v) is 5.33. The molecule has 1 fully saturated rings. The number of fused-ring (bicyclic) bond motifs is 3. The minimum Gasteiger partial charge on any atom is -0.356 e. The summed E-state index contributed by atoms with van der Waals surface area (Å²) in [6.07, 6.45) is 1.12. The van der Waals surface area contributed by atoms with Crippen LogP contribution in [-0.4, -0.2) is 38.1 Å². The summed E-state index contributed by atoms with van der Waals surface area (Å²) >= 11 is 0. The number of hydrogen-bond donors (Lipinski definition) is 1. The van der Waals surface area contributed by atoms with Crippen molar-refractivity contribution in [2.24, 2.45) is 0 Å². The third kappa shape index (κ3) is 1.32. The highest BCUT2D eigenvalue weighted by Crippen LogP contribution is 2.52. The second kappa shape index (κ2) is 3.98. The molecule has 4 nitrogen and oxygen atoms in total. The SMILES string of the molecule is CCN1C(=O)CN2c3c1cccc3C1(C)CNCCC21. The summed E-state index contributed by atoms with van der Waals surface area (Å²) in [7, 11) is 0. The van der Waals surface area contributed by atoms with Gasteiger partial charge in [0.1, 0.15) is 0 Å². The van der Waals surface area contributed by atoms with Gasteiger partial charge in [-0.05, 0) is 31.5 Å². The summed E-state index contributed by atoms with van der Waals surface area (Å²) < 4.78 is 0. The van der Waals surface area contributed by atoms with Crippen molar-refractivity contribution in [1.82, 2.24) is 5.32 Å². The predicted octanol–water partition coefficient (Wildman–Crippen LogP) is 1.49. The van der Waals surface area contributed by atoms with Crippen LogP contribution in [0.5, 0.6) is 0 Å². The van der Waals surface area contributed by atoms with Crippen molar-refractivity contribution >= 4 is 17.3 Å². The molecule has 2 atom stereocenters. The van der Waals surface area contributed by atoms with Gasteiger partial charge >= 0.3 is 0 Å². The van der Waals surface area contributed by atoms with Crippen LogP contribution in [0.2, 0.25) is 0 Å². The third-order valence-electron chi connectivity index (χ3n) is 5.33. The van der Waals surface area contributed by atoms with Crippen molar-refractivity contribution in [3.05, 3.63) is 23.8 Å². The minimum absolute atomic E-state index is 0.133. The van der Waals surface area contributed by atoms with E-state index in [0.717, 1.165) is 31.7 Å². The maximum atomic E-state index is 12.4. The molecule has 0 radical (unpaired) electrons. The van der Waals surface area contributed by atoms with Crippen molar-refractivity contribution in [3.8, 4) is 0 Å². The van der Waals surface area contributed by atoms with Crippen LogP contribution in [0.3, 0.4) is 0 Å². The Morgan fingerprint density at radius 3 is 3.10 bits per heavy atom. The topological polar surface area (TPSA) is 35.6 Å². The summed E-state index contributed by atoms with van der Waals surface area (Å²) in [4.78, 5) is 16.7. The number of carbonyl (C=O) groups excluding carboxylic acids is 1. The summed E-state index contributed by atoms with van der Waals surface area (Å²) in [6, 6.07) is 6.92. The standard InChI is InChI=1S/C16H21N3O/c1-3-18-12-6-4-5-11-15(12)19(9-14(18)20)13-7-8-17-10-16(11,13)2/h4-6,13,17H,3,7-10H2,1-2H3. The zero-order valence-electron chi connectivity index (χ0n) is 12.1. The Kier molecular flexibility index (Phi) is 2.43. The Morgan fingerprint density at radius 1 is 1.45 bits per heavy atom. The van der Waals surface area contributed by atoms with Crippen LogP contribution in [0.25, 0.3) is 0 Å². The predicted molar refractivity (Wildman–Crippen MR) is 80.4 cm³/mol. The van der Waals surface area contributed by atoms with Crippen LogP contribution in [0.15, 0.2) is 18.2 Å². The second-order valence-corrected chi connectivity index (χ2v) is 6.34. The van der Waals surface area contributed by atoms with Crippen LogP contribution in [0.4, 0.5) is 11.4 Å². The molecule has 1 saturated heterocycles. The molecular formula is C16H21N3O. The van der Waals surface area contributed by atoms with Crippen molar-refractivity contribution in [2.45, 2.75) is 31.7 Å². The summed E-state index contributed by atoms with van der Waals surface area (Å²) in [6.45, 7) is 7.74. The Hall–Kier alpha value is -1.55. The molecule has 2 unspecified atom stereocenters. The van der Waals surface area contributed by atoms with Gasteiger partial charge in [-0.1, -0.05) is 19.1 Å². The Balaban J connectivity index is 1.94. The lowest BCUT2D eigenvalue weighted by molar-refractivity contribution is -0.117. The molecule has 20 heavy (non-hydrogen) atoms. The molecule has 1 aromatic carbocycles. The maximum Gasteiger partial charge on any atom is 0.246 e. The summed E-state index contributed by atoms with van der Waals surface area (Å²) in [5.74, 6) is 0.236. The zero-order chi connectivity index (χ0) is 13.9. The fourth-order valence-electron chi connectivity index (χ4n) is 4.37. The lowest BCUT2D eigenvalue weighted by Crippen LogP contribution is -2.56. The van der Waals surface area contributed by atoms with E-state index in [1.54, 1.807) is 0 Å². The molecule has 3 heterocycles. The molecule has 3 aliphatic heterocycles. The number of para-hydroxylation sites is 1. The normalized spacial score (nSPS) is 31.3. The van der Waals surface area contributed by atoms with E-state index in [1.165, 1.54) is 11.3 Å². The molecule has 3 aliphatic rings. The number of carbonyl (C=O) groups is 1. The van der Waals surface area contributed by atoms with E-state index < -0.39 is 0 Å². The largest absolute Gasteiger partial charge is 0.356 e. The first-order chi connectivity index (χ1) is 9.66. The van der Waals surface area contributed by atoms with Crippen molar-refractivity contribution in [2.75, 3.05) is 36.0 Å². The number of anilines is 2. The van der Waals surface area contributed by atoms with E-state index in [-0.39, 0.29) is 11.3 Å². The van der Waals surface area contributed by atoms with E-state index in [2.05, 4.69) is 42.3 Å². The maximum absolute atomic E-state index is 12.4. The van der Waals surface area contributed by atoms with Gasteiger partial charge < -0.3 is 15.1 Å². The zero-order valence-corrected chi connectivity index (χ0v) is 12.1. The quantitative estimate of drug-likeness (QED) is 0.840.